The zero-order valence-electron chi connectivity index (χ0n) is 15.7. The van der Waals surface area contributed by atoms with Gasteiger partial charge in [0, 0.05) is 18.7 Å². The molecule has 9 heteroatoms. The fourth-order valence-electron chi connectivity index (χ4n) is 3.10. The smallest absolute Gasteiger partial charge is 0.309 e. The Morgan fingerprint density at radius 1 is 1.21 bits per heavy atom. The Labute approximate surface area is 163 Å². The molecule has 28 heavy (non-hydrogen) atoms. The molecule has 0 atom stereocenters. The minimum absolute atomic E-state index is 0.0954. The van der Waals surface area contributed by atoms with Gasteiger partial charge in [-0.15, -0.1) is 0 Å². The van der Waals surface area contributed by atoms with Crippen molar-refractivity contribution < 1.29 is 14.3 Å². The number of hydrogen-bond donors (Lipinski definition) is 3. The maximum atomic E-state index is 12.2. The molecular weight excluding hydrogens is 360 g/mol. The predicted octanol–water partition coefficient (Wildman–Crippen LogP) is 1.60. The van der Waals surface area contributed by atoms with Gasteiger partial charge in [-0.25, -0.2) is 9.97 Å². The van der Waals surface area contributed by atoms with Crippen molar-refractivity contribution in [1.29, 1.82) is 0 Å². The first-order valence-electron chi connectivity index (χ1n) is 9.23. The molecule has 4 N–H and O–H groups in total. The third kappa shape index (κ3) is 4.48. The van der Waals surface area contributed by atoms with Crippen molar-refractivity contribution in [2.45, 2.75) is 19.8 Å². The first-order valence-corrected chi connectivity index (χ1v) is 9.23. The van der Waals surface area contributed by atoms with E-state index in [1.54, 1.807) is 31.2 Å². The van der Waals surface area contributed by atoms with Gasteiger partial charge in [0.1, 0.15) is 12.0 Å². The van der Waals surface area contributed by atoms with E-state index in [0.717, 1.165) is 0 Å². The minimum Gasteiger partial charge on any atom is -0.466 e. The number of esters is 1. The van der Waals surface area contributed by atoms with Gasteiger partial charge in [0.15, 0.2) is 11.6 Å². The molecule has 2 aromatic rings. The van der Waals surface area contributed by atoms with E-state index in [1.807, 2.05) is 11.0 Å². The van der Waals surface area contributed by atoms with E-state index in [1.165, 1.54) is 6.33 Å². The lowest BCUT2D eigenvalue weighted by Gasteiger charge is -2.32. The highest BCUT2D eigenvalue weighted by atomic mass is 16.5. The van der Waals surface area contributed by atoms with Crippen molar-refractivity contribution in [2.75, 3.05) is 35.8 Å². The molecule has 0 spiro atoms. The van der Waals surface area contributed by atoms with Crippen molar-refractivity contribution in [1.82, 2.24) is 15.4 Å². The summed E-state index contributed by atoms with van der Waals surface area (Å²) in [6, 6.07) is 8.82. The van der Waals surface area contributed by atoms with Crippen LogP contribution in [0.15, 0.2) is 36.7 Å². The summed E-state index contributed by atoms with van der Waals surface area (Å²) in [5, 5.41) is 0. The number of nitrogens with two attached hydrogens (primary N) is 1. The average molecular weight is 384 g/mol. The third-order valence-electron chi connectivity index (χ3n) is 4.61. The maximum absolute atomic E-state index is 12.2. The molecule has 2 heterocycles. The third-order valence-corrected chi connectivity index (χ3v) is 4.61. The molecule has 1 aromatic heterocycles. The van der Waals surface area contributed by atoms with Gasteiger partial charge in [-0.05, 0) is 31.9 Å². The zero-order chi connectivity index (χ0) is 19.9. The highest BCUT2D eigenvalue weighted by molar-refractivity contribution is 5.95. The van der Waals surface area contributed by atoms with Crippen LogP contribution in [0.4, 0.5) is 17.3 Å². The molecule has 148 valence electrons. The summed E-state index contributed by atoms with van der Waals surface area (Å²) >= 11 is 0. The molecule has 0 radical (unpaired) electrons. The number of aromatic nitrogens is 2. The molecule has 9 nitrogen and oxygen atoms in total. The topological polar surface area (TPSA) is 122 Å². The van der Waals surface area contributed by atoms with E-state index >= 15 is 0 Å². The molecule has 0 bridgehead atoms. The zero-order valence-corrected chi connectivity index (χ0v) is 15.7. The van der Waals surface area contributed by atoms with Gasteiger partial charge < -0.3 is 15.4 Å². The van der Waals surface area contributed by atoms with Gasteiger partial charge in [-0.2, -0.15) is 0 Å². The maximum Gasteiger partial charge on any atom is 0.309 e. The molecule has 0 aliphatic carbocycles. The van der Waals surface area contributed by atoms with Crippen molar-refractivity contribution >= 4 is 29.2 Å². The van der Waals surface area contributed by atoms with Crippen LogP contribution < -0.4 is 21.5 Å². The van der Waals surface area contributed by atoms with Crippen LogP contribution in [-0.4, -0.2) is 41.5 Å². The van der Waals surface area contributed by atoms with Crippen LogP contribution in [0, 0.1) is 5.92 Å². The Morgan fingerprint density at radius 2 is 1.93 bits per heavy atom. The van der Waals surface area contributed by atoms with E-state index in [-0.39, 0.29) is 17.8 Å². The second kappa shape index (κ2) is 9.03. The van der Waals surface area contributed by atoms with E-state index in [2.05, 4.69) is 20.8 Å². The SMILES string of the molecule is CCOC(=O)C1CCN(c2ncnc(NNC(=O)c3ccccc3)c2N)CC1. The lowest BCUT2D eigenvalue weighted by Crippen LogP contribution is -2.38. The van der Waals surface area contributed by atoms with Gasteiger partial charge in [0.25, 0.3) is 5.91 Å². The second-order valence-corrected chi connectivity index (χ2v) is 6.42. The Morgan fingerprint density at radius 3 is 2.61 bits per heavy atom. The number of anilines is 3. The standard InChI is InChI=1S/C19H24N6O3/c1-2-28-19(27)14-8-10-25(11-9-14)17-15(20)16(21-12-22-17)23-24-18(26)13-6-4-3-5-7-13/h3-7,12,14H,2,8-11,20H2,1H3,(H,24,26)(H,21,22,23). The van der Waals surface area contributed by atoms with Gasteiger partial charge in [0.2, 0.25) is 0 Å². The summed E-state index contributed by atoms with van der Waals surface area (Å²) < 4.78 is 5.10. The van der Waals surface area contributed by atoms with Crippen LogP contribution in [0.1, 0.15) is 30.1 Å². The predicted molar refractivity (Wildman–Crippen MR) is 106 cm³/mol. The molecule has 3 rings (SSSR count). The van der Waals surface area contributed by atoms with Crippen molar-refractivity contribution in [3.63, 3.8) is 0 Å². The molecule has 1 aliphatic heterocycles. The number of piperidine rings is 1. The Balaban J connectivity index is 1.62. The van der Waals surface area contributed by atoms with Crippen LogP contribution in [0.5, 0.6) is 0 Å². The van der Waals surface area contributed by atoms with Crippen molar-refractivity contribution in [3.05, 3.63) is 42.2 Å². The molecule has 1 aliphatic rings. The second-order valence-electron chi connectivity index (χ2n) is 6.42. The first-order chi connectivity index (χ1) is 13.6. The van der Waals surface area contributed by atoms with Crippen LogP contribution >= 0.6 is 0 Å². The van der Waals surface area contributed by atoms with Gasteiger partial charge >= 0.3 is 5.97 Å². The van der Waals surface area contributed by atoms with Crippen molar-refractivity contribution in [2.24, 2.45) is 5.92 Å². The summed E-state index contributed by atoms with van der Waals surface area (Å²) in [6.07, 6.45) is 2.74. The normalized spacial score (nSPS) is 14.4. The summed E-state index contributed by atoms with van der Waals surface area (Å²) in [5.41, 5.74) is 12.4. The number of nitrogens with zero attached hydrogens (tertiary/aromatic N) is 3. The first kappa shape index (κ1) is 19.4. The number of hydrogen-bond acceptors (Lipinski definition) is 8. The average Bonchev–Trinajstić information content (AvgIpc) is 2.74. The fourth-order valence-corrected chi connectivity index (χ4v) is 3.10. The molecule has 0 unspecified atom stereocenters. The summed E-state index contributed by atoms with van der Waals surface area (Å²) in [4.78, 5) is 34.4. The number of benzene rings is 1. The number of amides is 1. The summed E-state index contributed by atoms with van der Waals surface area (Å²) in [5.74, 6) is 0.358. The number of nitrogen functional groups attached to an aromatic ring is 1. The molecule has 0 saturated carbocycles. The number of rotatable bonds is 6. The number of carbonyl (C=O) groups is 2. The van der Waals surface area contributed by atoms with Gasteiger partial charge in [0.05, 0.1) is 12.5 Å². The minimum atomic E-state index is -0.296. The van der Waals surface area contributed by atoms with E-state index in [0.29, 0.717) is 55.4 Å². The highest BCUT2D eigenvalue weighted by Gasteiger charge is 2.28. The van der Waals surface area contributed by atoms with Crippen LogP contribution in [0.3, 0.4) is 0 Å². The molecule has 1 amide bonds. The van der Waals surface area contributed by atoms with Crippen LogP contribution in [-0.2, 0) is 9.53 Å². The van der Waals surface area contributed by atoms with E-state index < -0.39 is 0 Å². The number of ether oxygens (including phenoxy) is 1. The van der Waals surface area contributed by atoms with Gasteiger partial charge in [-0.3, -0.25) is 20.4 Å². The largest absolute Gasteiger partial charge is 0.466 e. The summed E-state index contributed by atoms with van der Waals surface area (Å²) in [6.45, 7) is 3.47. The lowest BCUT2D eigenvalue weighted by atomic mass is 9.97. The molecule has 1 aromatic carbocycles. The molecule has 1 saturated heterocycles. The molecular formula is C19H24N6O3. The quantitative estimate of drug-likeness (QED) is 0.507. The van der Waals surface area contributed by atoms with Crippen molar-refractivity contribution in [3.8, 4) is 0 Å². The number of hydrazine groups is 1. The Hall–Kier alpha value is -3.36. The highest BCUT2D eigenvalue weighted by Crippen LogP contribution is 2.29. The van der Waals surface area contributed by atoms with E-state index in [4.69, 9.17) is 10.5 Å². The lowest BCUT2D eigenvalue weighted by molar-refractivity contribution is -0.148. The number of nitrogens with one attached hydrogen (secondary N) is 2. The van der Waals surface area contributed by atoms with E-state index in [9.17, 15) is 9.59 Å². The van der Waals surface area contributed by atoms with Crippen LogP contribution in [0.2, 0.25) is 0 Å². The fraction of sp³-hybridized carbons (Fsp3) is 0.368. The van der Waals surface area contributed by atoms with Crippen LogP contribution in [0.25, 0.3) is 0 Å². The Kier molecular flexibility index (Phi) is 6.25. The monoisotopic (exact) mass is 384 g/mol. The summed E-state index contributed by atoms with van der Waals surface area (Å²) in [7, 11) is 0. The molecule has 1 fully saturated rings. The van der Waals surface area contributed by atoms with Gasteiger partial charge in [-0.1, -0.05) is 18.2 Å². The Bertz CT molecular complexity index is 822. The number of carbonyl (C=O) groups excluding carboxylic acids is 2.